The van der Waals surface area contributed by atoms with Gasteiger partial charge in [-0.2, -0.15) is 8.61 Å². The van der Waals surface area contributed by atoms with Crippen molar-refractivity contribution in [1.82, 2.24) is 8.61 Å². The third kappa shape index (κ3) is 5.51. The highest BCUT2D eigenvalue weighted by Gasteiger charge is 2.34. The lowest BCUT2D eigenvalue weighted by atomic mass is 9.98. The van der Waals surface area contributed by atoms with Crippen LogP contribution in [-0.2, 0) is 29.6 Å². The molecule has 0 aliphatic carbocycles. The Labute approximate surface area is 205 Å². The largest absolute Gasteiger partial charge is 0.495 e. The van der Waals surface area contributed by atoms with Gasteiger partial charge in [0, 0.05) is 26.2 Å². The zero-order chi connectivity index (χ0) is 25.1. The molecule has 1 N–H and O–H groups in total. The van der Waals surface area contributed by atoms with E-state index >= 15 is 0 Å². The molecule has 190 valence electrons. The first kappa shape index (κ1) is 25.6. The van der Waals surface area contributed by atoms with Gasteiger partial charge in [0.15, 0.2) is 0 Å². The molecule has 0 saturated carbocycles. The predicted molar refractivity (Wildman–Crippen MR) is 129 cm³/mol. The molecule has 1 amide bonds. The molecule has 10 nitrogen and oxygen atoms in total. The summed E-state index contributed by atoms with van der Waals surface area (Å²) in [6.07, 6.45) is 1.05. The summed E-state index contributed by atoms with van der Waals surface area (Å²) in [7, 11) is -6.06. The number of morpholine rings is 1. The molecule has 2 fully saturated rings. The Hall–Kier alpha value is -2.51. The molecule has 2 saturated heterocycles. The molecular weight excluding hydrogens is 494 g/mol. The number of amides is 1. The van der Waals surface area contributed by atoms with E-state index in [4.69, 9.17) is 9.47 Å². The second-order valence-electron chi connectivity index (χ2n) is 8.38. The van der Waals surface area contributed by atoms with E-state index in [0.717, 1.165) is 0 Å². The normalized spacial score (nSPS) is 20.3. The van der Waals surface area contributed by atoms with E-state index in [-0.39, 0.29) is 35.1 Å². The van der Waals surface area contributed by atoms with Crippen molar-refractivity contribution in [3.63, 3.8) is 0 Å². The quantitative estimate of drug-likeness (QED) is 0.587. The van der Waals surface area contributed by atoms with Gasteiger partial charge in [-0.1, -0.05) is 18.2 Å². The van der Waals surface area contributed by atoms with Crippen LogP contribution >= 0.6 is 0 Å². The highest BCUT2D eigenvalue weighted by Crippen LogP contribution is 2.31. The highest BCUT2D eigenvalue weighted by atomic mass is 32.2. The minimum absolute atomic E-state index is 0.0347. The summed E-state index contributed by atoms with van der Waals surface area (Å²) in [6.45, 7) is 1.52. The summed E-state index contributed by atoms with van der Waals surface area (Å²) in [5.41, 5.74) is 0.217. The van der Waals surface area contributed by atoms with Crippen LogP contribution in [0.15, 0.2) is 58.3 Å². The molecule has 1 unspecified atom stereocenters. The van der Waals surface area contributed by atoms with Crippen LogP contribution in [0.3, 0.4) is 0 Å². The van der Waals surface area contributed by atoms with E-state index in [2.05, 4.69) is 5.32 Å². The molecule has 0 radical (unpaired) electrons. The van der Waals surface area contributed by atoms with Crippen LogP contribution in [0.1, 0.15) is 12.8 Å². The molecule has 2 aliphatic heterocycles. The Morgan fingerprint density at radius 2 is 1.63 bits per heavy atom. The average Bonchev–Trinajstić information content (AvgIpc) is 2.89. The number of sulfonamides is 2. The number of piperidine rings is 1. The first-order valence-electron chi connectivity index (χ1n) is 11.4. The van der Waals surface area contributed by atoms with E-state index in [1.165, 1.54) is 46.1 Å². The third-order valence-corrected chi connectivity index (χ3v) is 9.95. The first-order chi connectivity index (χ1) is 16.7. The molecule has 1 atom stereocenters. The smallest absolute Gasteiger partial charge is 0.243 e. The SMILES string of the molecule is COc1ccc(S(=O)(=O)N2CCOCC2)cc1NC(=O)C1CCCN(S(=O)(=O)c2ccccc2)C1. The number of rotatable bonds is 7. The Bertz CT molecular complexity index is 1260. The van der Waals surface area contributed by atoms with Crippen molar-refractivity contribution in [2.75, 3.05) is 51.8 Å². The van der Waals surface area contributed by atoms with Crippen molar-refractivity contribution in [1.29, 1.82) is 0 Å². The Morgan fingerprint density at radius 3 is 2.31 bits per heavy atom. The topological polar surface area (TPSA) is 122 Å². The lowest BCUT2D eigenvalue weighted by molar-refractivity contribution is -0.120. The van der Waals surface area contributed by atoms with E-state index in [9.17, 15) is 21.6 Å². The molecule has 0 aromatic heterocycles. The van der Waals surface area contributed by atoms with Gasteiger partial charge in [-0.05, 0) is 43.2 Å². The number of anilines is 1. The molecule has 2 heterocycles. The zero-order valence-electron chi connectivity index (χ0n) is 19.4. The van der Waals surface area contributed by atoms with Gasteiger partial charge in [-0.25, -0.2) is 16.8 Å². The number of nitrogens with one attached hydrogen (secondary N) is 1. The second-order valence-corrected chi connectivity index (χ2v) is 12.3. The molecular formula is C23H29N3O7S2. The molecule has 2 aromatic rings. The van der Waals surface area contributed by atoms with E-state index in [1.807, 2.05) is 0 Å². The summed E-state index contributed by atoms with van der Waals surface area (Å²) < 4.78 is 65.4. The summed E-state index contributed by atoms with van der Waals surface area (Å²) >= 11 is 0. The fourth-order valence-corrected chi connectivity index (χ4v) is 7.21. The lowest BCUT2D eigenvalue weighted by Crippen LogP contribution is -2.43. The van der Waals surface area contributed by atoms with Gasteiger partial charge in [-0.15, -0.1) is 0 Å². The molecule has 2 aromatic carbocycles. The lowest BCUT2D eigenvalue weighted by Gasteiger charge is -2.31. The van der Waals surface area contributed by atoms with Crippen LogP contribution in [0.4, 0.5) is 5.69 Å². The predicted octanol–water partition coefficient (Wildman–Crippen LogP) is 1.76. The molecule has 12 heteroatoms. The van der Waals surface area contributed by atoms with Crippen molar-refractivity contribution >= 4 is 31.6 Å². The van der Waals surface area contributed by atoms with E-state index in [1.54, 1.807) is 18.2 Å². The molecule has 0 bridgehead atoms. The summed E-state index contributed by atoms with van der Waals surface area (Å²) in [5, 5.41) is 2.77. The number of ether oxygens (including phenoxy) is 2. The Balaban J connectivity index is 1.52. The third-order valence-electron chi connectivity index (χ3n) is 6.17. The van der Waals surface area contributed by atoms with Gasteiger partial charge < -0.3 is 14.8 Å². The van der Waals surface area contributed by atoms with Gasteiger partial charge in [0.2, 0.25) is 26.0 Å². The maximum atomic E-state index is 13.1. The van der Waals surface area contributed by atoms with Crippen LogP contribution < -0.4 is 10.1 Å². The number of methoxy groups -OCH3 is 1. The standard InChI is InChI=1S/C23H29N3O7S2/c1-32-22-10-9-20(35(30,31)25-12-14-33-15-13-25)16-21(22)24-23(27)18-6-5-11-26(17-18)34(28,29)19-7-3-2-4-8-19/h2-4,7-10,16,18H,5-6,11-15,17H2,1H3,(H,24,27). The van der Waals surface area contributed by atoms with Crippen LogP contribution in [0.5, 0.6) is 5.75 Å². The number of hydrogen-bond acceptors (Lipinski definition) is 7. The molecule has 35 heavy (non-hydrogen) atoms. The van der Waals surface area contributed by atoms with Crippen LogP contribution in [0.25, 0.3) is 0 Å². The molecule has 4 rings (SSSR count). The number of carbonyl (C=O) groups is 1. The zero-order valence-corrected chi connectivity index (χ0v) is 21.1. The summed E-state index contributed by atoms with van der Waals surface area (Å²) in [4.78, 5) is 13.4. The average molecular weight is 524 g/mol. The van der Waals surface area contributed by atoms with Crippen molar-refractivity contribution in [3.05, 3.63) is 48.5 Å². The maximum Gasteiger partial charge on any atom is 0.243 e. The Morgan fingerprint density at radius 1 is 0.943 bits per heavy atom. The molecule has 0 spiro atoms. The minimum atomic E-state index is -3.77. The van der Waals surface area contributed by atoms with Crippen molar-refractivity contribution in [2.24, 2.45) is 5.92 Å². The van der Waals surface area contributed by atoms with Crippen LogP contribution in [0, 0.1) is 5.92 Å². The van der Waals surface area contributed by atoms with Gasteiger partial charge in [-0.3, -0.25) is 4.79 Å². The Kier molecular flexibility index (Phi) is 7.77. The summed E-state index contributed by atoms with van der Waals surface area (Å²) in [6, 6.07) is 12.4. The fraction of sp³-hybridized carbons (Fsp3) is 0.435. The number of benzene rings is 2. The van der Waals surface area contributed by atoms with Gasteiger partial charge >= 0.3 is 0 Å². The monoisotopic (exact) mass is 523 g/mol. The van der Waals surface area contributed by atoms with Gasteiger partial charge in [0.05, 0.1) is 41.7 Å². The molecule has 2 aliphatic rings. The van der Waals surface area contributed by atoms with Gasteiger partial charge in [0.1, 0.15) is 5.75 Å². The number of hydrogen-bond donors (Lipinski definition) is 1. The van der Waals surface area contributed by atoms with Crippen LogP contribution in [0.2, 0.25) is 0 Å². The first-order valence-corrected chi connectivity index (χ1v) is 14.2. The van der Waals surface area contributed by atoms with E-state index < -0.39 is 31.9 Å². The van der Waals surface area contributed by atoms with Crippen molar-refractivity contribution < 1.29 is 31.1 Å². The van der Waals surface area contributed by atoms with E-state index in [0.29, 0.717) is 38.3 Å². The fourth-order valence-electron chi connectivity index (χ4n) is 4.23. The number of nitrogens with zero attached hydrogens (tertiary/aromatic N) is 2. The van der Waals surface area contributed by atoms with Crippen LogP contribution in [-0.4, -0.2) is 77.9 Å². The van der Waals surface area contributed by atoms with Crippen molar-refractivity contribution in [2.45, 2.75) is 22.6 Å². The van der Waals surface area contributed by atoms with Gasteiger partial charge in [0.25, 0.3) is 0 Å². The minimum Gasteiger partial charge on any atom is -0.495 e. The second kappa shape index (κ2) is 10.6. The summed E-state index contributed by atoms with van der Waals surface area (Å²) in [5.74, 6) is -0.674. The number of carbonyl (C=O) groups excluding carboxylic acids is 1. The maximum absolute atomic E-state index is 13.1. The highest BCUT2D eigenvalue weighted by molar-refractivity contribution is 7.89. The van der Waals surface area contributed by atoms with Crippen molar-refractivity contribution in [3.8, 4) is 5.75 Å².